The molecular formula is C13H20N2O3. The second-order valence-electron chi connectivity index (χ2n) is 4.70. The number of phenolic OH excluding ortho intramolecular Hbond substituents is 2. The normalized spacial score (nSPS) is 21.1. The average molecular weight is 252 g/mol. The first-order valence-electron chi connectivity index (χ1n) is 6.17. The minimum atomic E-state index is 0.0773. The number of hydrogen-bond acceptors (Lipinski definition) is 5. The number of morpholine rings is 1. The molecule has 1 aromatic carbocycles. The van der Waals surface area contributed by atoms with E-state index in [1.807, 2.05) is 0 Å². The van der Waals surface area contributed by atoms with E-state index in [-0.39, 0.29) is 17.6 Å². The zero-order valence-corrected chi connectivity index (χ0v) is 10.6. The van der Waals surface area contributed by atoms with Gasteiger partial charge in [0, 0.05) is 37.8 Å². The first-order valence-corrected chi connectivity index (χ1v) is 6.17. The van der Waals surface area contributed by atoms with Gasteiger partial charge < -0.3 is 25.2 Å². The SMILES string of the molecule is CN1CCOC(CNCc2ccc(O)cc2O)C1. The number of aromatic hydroxyl groups is 2. The molecule has 3 N–H and O–H groups in total. The number of ether oxygens (including phenoxy) is 1. The van der Waals surface area contributed by atoms with E-state index in [0.29, 0.717) is 6.54 Å². The second-order valence-corrected chi connectivity index (χ2v) is 4.70. The van der Waals surface area contributed by atoms with Gasteiger partial charge in [0.25, 0.3) is 0 Å². The number of rotatable bonds is 4. The zero-order chi connectivity index (χ0) is 13.0. The first kappa shape index (κ1) is 13.1. The van der Waals surface area contributed by atoms with Crippen LogP contribution in [-0.4, -0.2) is 54.5 Å². The molecule has 0 bridgehead atoms. The lowest BCUT2D eigenvalue weighted by Crippen LogP contribution is -2.44. The maximum atomic E-state index is 9.63. The van der Waals surface area contributed by atoms with Gasteiger partial charge in [0.05, 0.1) is 12.7 Å². The Morgan fingerprint density at radius 2 is 2.28 bits per heavy atom. The Bertz CT molecular complexity index is 398. The van der Waals surface area contributed by atoms with E-state index in [1.54, 1.807) is 12.1 Å². The van der Waals surface area contributed by atoms with Crippen LogP contribution in [0.25, 0.3) is 0 Å². The summed E-state index contributed by atoms with van der Waals surface area (Å²) in [5, 5.41) is 22.1. The van der Waals surface area contributed by atoms with Crippen molar-refractivity contribution in [3.8, 4) is 11.5 Å². The molecule has 1 aliphatic rings. The Morgan fingerprint density at radius 1 is 1.44 bits per heavy atom. The molecule has 2 rings (SSSR count). The third-order valence-corrected chi connectivity index (χ3v) is 3.10. The van der Waals surface area contributed by atoms with Gasteiger partial charge in [0.2, 0.25) is 0 Å². The van der Waals surface area contributed by atoms with Gasteiger partial charge in [-0.25, -0.2) is 0 Å². The Balaban J connectivity index is 1.77. The summed E-state index contributed by atoms with van der Waals surface area (Å²) in [4.78, 5) is 2.24. The average Bonchev–Trinajstić information content (AvgIpc) is 2.32. The van der Waals surface area contributed by atoms with Crippen LogP contribution in [-0.2, 0) is 11.3 Å². The van der Waals surface area contributed by atoms with Crippen LogP contribution in [0.5, 0.6) is 11.5 Å². The maximum Gasteiger partial charge on any atom is 0.123 e. The molecule has 1 aromatic rings. The Hall–Kier alpha value is -1.30. The molecule has 1 saturated heterocycles. The molecule has 0 saturated carbocycles. The van der Waals surface area contributed by atoms with Crippen LogP contribution in [0.1, 0.15) is 5.56 Å². The fraction of sp³-hybridized carbons (Fsp3) is 0.538. The van der Waals surface area contributed by atoms with E-state index in [9.17, 15) is 10.2 Å². The Morgan fingerprint density at radius 3 is 3.00 bits per heavy atom. The van der Waals surface area contributed by atoms with Crippen LogP contribution in [0, 0.1) is 0 Å². The summed E-state index contributed by atoms with van der Waals surface area (Å²) in [6.07, 6.45) is 0.197. The van der Waals surface area contributed by atoms with Crippen molar-refractivity contribution in [2.45, 2.75) is 12.6 Å². The van der Waals surface area contributed by atoms with Crippen LogP contribution in [0.4, 0.5) is 0 Å². The Labute approximate surface area is 107 Å². The number of phenols is 2. The topological polar surface area (TPSA) is 65.0 Å². The second kappa shape index (κ2) is 6.04. The van der Waals surface area contributed by atoms with Crippen molar-refractivity contribution in [2.24, 2.45) is 0 Å². The van der Waals surface area contributed by atoms with E-state index in [0.717, 1.165) is 31.8 Å². The van der Waals surface area contributed by atoms with Crippen LogP contribution in [0.15, 0.2) is 18.2 Å². The molecule has 1 heterocycles. The monoisotopic (exact) mass is 252 g/mol. The van der Waals surface area contributed by atoms with Gasteiger partial charge in [-0.2, -0.15) is 0 Å². The molecule has 1 aliphatic heterocycles. The third-order valence-electron chi connectivity index (χ3n) is 3.10. The lowest BCUT2D eigenvalue weighted by atomic mass is 10.2. The van der Waals surface area contributed by atoms with E-state index >= 15 is 0 Å². The van der Waals surface area contributed by atoms with Crippen molar-refractivity contribution in [3.05, 3.63) is 23.8 Å². The highest BCUT2D eigenvalue weighted by molar-refractivity contribution is 5.38. The fourth-order valence-corrected chi connectivity index (χ4v) is 2.06. The van der Waals surface area contributed by atoms with Crippen molar-refractivity contribution in [1.29, 1.82) is 0 Å². The standard InChI is InChI=1S/C13H20N2O3/c1-15-4-5-18-12(9-15)8-14-7-10-2-3-11(16)6-13(10)17/h2-3,6,12,14,16-17H,4-5,7-9H2,1H3. The molecule has 0 radical (unpaired) electrons. The van der Waals surface area contributed by atoms with Crippen molar-refractivity contribution >= 4 is 0 Å². The lowest BCUT2D eigenvalue weighted by Gasteiger charge is -2.30. The first-order chi connectivity index (χ1) is 8.65. The van der Waals surface area contributed by atoms with Crippen LogP contribution >= 0.6 is 0 Å². The van der Waals surface area contributed by atoms with Gasteiger partial charge in [-0.15, -0.1) is 0 Å². The zero-order valence-electron chi connectivity index (χ0n) is 10.6. The number of hydrogen-bond donors (Lipinski definition) is 3. The predicted octanol–water partition coefficient (Wildman–Crippen LogP) is 0.518. The molecule has 5 heteroatoms. The minimum absolute atomic E-state index is 0.0773. The molecule has 0 aromatic heterocycles. The highest BCUT2D eigenvalue weighted by atomic mass is 16.5. The molecule has 1 unspecified atom stereocenters. The third kappa shape index (κ3) is 3.60. The molecular weight excluding hydrogens is 232 g/mol. The molecule has 0 aliphatic carbocycles. The molecule has 5 nitrogen and oxygen atoms in total. The quantitative estimate of drug-likeness (QED) is 0.729. The highest BCUT2D eigenvalue weighted by Gasteiger charge is 2.17. The summed E-state index contributed by atoms with van der Waals surface area (Å²) in [6.45, 7) is 4.00. The van der Waals surface area contributed by atoms with Gasteiger partial charge in [0.1, 0.15) is 11.5 Å². The highest BCUT2D eigenvalue weighted by Crippen LogP contribution is 2.22. The summed E-state index contributed by atoms with van der Waals surface area (Å²) >= 11 is 0. The molecule has 18 heavy (non-hydrogen) atoms. The molecule has 0 amide bonds. The summed E-state index contributed by atoms with van der Waals surface area (Å²) < 4.78 is 5.63. The van der Waals surface area contributed by atoms with Gasteiger partial charge in [-0.05, 0) is 13.1 Å². The van der Waals surface area contributed by atoms with E-state index in [1.165, 1.54) is 6.07 Å². The summed E-state index contributed by atoms with van der Waals surface area (Å²) in [5.41, 5.74) is 0.775. The summed E-state index contributed by atoms with van der Waals surface area (Å²) in [6, 6.07) is 4.63. The van der Waals surface area contributed by atoms with E-state index in [2.05, 4.69) is 17.3 Å². The van der Waals surface area contributed by atoms with Gasteiger partial charge in [0.15, 0.2) is 0 Å². The summed E-state index contributed by atoms with van der Waals surface area (Å²) in [5.74, 6) is 0.192. The molecule has 100 valence electrons. The predicted molar refractivity (Wildman–Crippen MR) is 68.7 cm³/mol. The van der Waals surface area contributed by atoms with Gasteiger partial charge in [-0.1, -0.05) is 6.07 Å². The van der Waals surface area contributed by atoms with Gasteiger partial charge >= 0.3 is 0 Å². The van der Waals surface area contributed by atoms with E-state index in [4.69, 9.17) is 4.74 Å². The molecule has 1 atom stereocenters. The fourth-order valence-electron chi connectivity index (χ4n) is 2.06. The molecule has 0 spiro atoms. The largest absolute Gasteiger partial charge is 0.508 e. The lowest BCUT2D eigenvalue weighted by molar-refractivity contribution is -0.0182. The number of nitrogens with zero attached hydrogens (tertiary/aromatic N) is 1. The molecule has 1 fully saturated rings. The number of nitrogens with one attached hydrogen (secondary N) is 1. The smallest absolute Gasteiger partial charge is 0.123 e. The van der Waals surface area contributed by atoms with Crippen LogP contribution in [0.3, 0.4) is 0 Å². The Kier molecular flexibility index (Phi) is 4.41. The van der Waals surface area contributed by atoms with Crippen molar-refractivity contribution in [2.75, 3.05) is 33.3 Å². The van der Waals surface area contributed by atoms with Crippen molar-refractivity contribution in [3.63, 3.8) is 0 Å². The van der Waals surface area contributed by atoms with Crippen LogP contribution in [0.2, 0.25) is 0 Å². The summed E-state index contributed by atoms with van der Waals surface area (Å²) in [7, 11) is 2.08. The maximum absolute atomic E-state index is 9.63. The number of benzene rings is 1. The van der Waals surface area contributed by atoms with Crippen molar-refractivity contribution < 1.29 is 14.9 Å². The van der Waals surface area contributed by atoms with E-state index < -0.39 is 0 Å². The van der Waals surface area contributed by atoms with Gasteiger partial charge in [-0.3, -0.25) is 0 Å². The number of likely N-dealkylation sites (N-methyl/N-ethyl adjacent to an activating group) is 1. The van der Waals surface area contributed by atoms with Crippen LogP contribution < -0.4 is 5.32 Å². The van der Waals surface area contributed by atoms with Crippen molar-refractivity contribution in [1.82, 2.24) is 10.2 Å². The minimum Gasteiger partial charge on any atom is -0.508 e.